The monoisotopic (exact) mass is 1100 g/mol. The van der Waals surface area contributed by atoms with Gasteiger partial charge in [0.25, 0.3) is 17.7 Å². The summed E-state index contributed by atoms with van der Waals surface area (Å²) in [4.78, 5) is 145. The molecule has 5 N–H and O–H groups in total. The lowest BCUT2D eigenvalue weighted by molar-refractivity contribution is -0.155. The summed E-state index contributed by atoms with van der Waals surface area (Å²) in [5.74, 6) is 0.604. The van der Waals surface area contributed by atoms with Crippen molar-refractivity contribution < 1.29 is 66.3 Å². The van der Waals surface area contributed by atoms with Crippen molar-refractivity contribution in [3.63, 3.8) is 0 Å². The van der Waals surface area contributed by atoms with Crippen LogP contribution in [-0.2, 0) is 39.0 Å². The number of carbonyl (C=O) groups is 9. The Hall–Kier alpha value is -7.18. The molecule has 19 nitrogen and oxygen atoms in total. The molecule has 4 aliphatic rings. The molecule has 4 atom stereocenters. The Morgan fingerprint density at radius 3 is 2.35 bits per heavy atom. The minimum Gasteiger partial charge on any atom is -0.356 e. The molecule has 4 aromatic rings. The lowest BCUT2D eigenvalue weighted by Crippen LogP contribution is -2.66. The predicted molar refractivity (Wildman–Crippen MR) is 277 cm³/mol. The molecule has 1 aromatic heterocycles. The van der Waals surface area contributed by atoms with Gasteiger partial charge in [-0.2, -0.15) is 8.78 Å². The summed E-state index contributed by atoms with van der Waals surface area (Å²) >= 11 is 0.925. The molecule has 9 amide bonds. The Balaban J connectivity index is 0.900. The van der Waals surface area contributed by atoms with Crippen LogP contribution in [0.15, 0.2) is 72.8 Å². The number of benzene rings is 3. The molecule has 1 unspecified atom stereocenters. The second kappa shape index (κ2) is 22.8. The van der Waals surface area contributed by atoms with E-state index in [2.05, 4.69) is 27.8 Å². The largest absolute Gasteiger partial charge is 0.399 e. The normalized spacial score (nSPS) is 19.5. The molecule has 4 aliphatic heterocycles. The number of piperidine rings is 2. The van der Waals surface area contributed by atoms with Crippen molar-refractivity contribution in [3.05, 3.63) is 105 Å². The second-order valence-electron chi connectivity index (χ2n) is 20.6. The number of hydrogen-bond acceptors (Lipinski definition) is 11. The van der Waals surface area contributed by atoms with E-state index in [-0.39, 0.29) is 66.3 Å². The van der Waals surface area contributed by atoms with Gasteiger partial charge in [-0.25, -0.2) is 0 Å². The number of alkyl halides is 2. The van der Waals surface area contributed by atoms with Gasteiger partial charge in [-0.05, 0) is 78.8 Å². The number of amides is 9. The van der Waals surface area contributed by atoms with Crippen molar-refractivity contribution >= 4 is 82.2 Å². The quantitative estimate of drug-likeness (QED) is 0.0374. The maximum atomic E-state index is 14.9. The maximum Gasteiger partial charge on any atom is 0.399 e. The van der Waals surface area contributed by atoms with Gasteiger partial charge in [-0.15, -0.1) is 11.3 Å². The van der Waals surface area contributed by atoms with Crippen LogP contribution in [0.3, 0.4) is 0 Å². The summed E-state index contributed by atoms with van der Waals surface area (Å²) in [5.41, 5.74) is -4.79. The van der Waals surface area contributed by atoms with Crippen LogP contribution in [-0.4, -0.2) is 140 Å². The number of nitrogens with zero attached hydrogens (tertiary/aromatic N) is 4. The van der Waals surface area contributed by atoms with E-state index >= 15 is 0 Å². The van der Waals surface area contributed by atoms with Gasteiger partial charge in [0.2, 0.25) is 35.4 Å². The van der Waals surface area contributed by atoms with Crippen molar-refractivity contribution in [3.8, 4) is 11.8 Å². The highest BCUT2D eigenvalue weighted by Crippen LogP contribution is 2.59. The van der Waals surface area contributed by atoms with Crippen molar-refractivity contribution in [1.29, 1.82) is 0 Å². The summed E-state index contributed by atoms with van der Waals surface area (Å²) in [6, 6.07) is 15.1. The Morgan fingerprint density at radius 1 is 0.883 bits per heavy atom. The number of piperazine rings is 1. The SMILES string of the molecule is CC(C)(C)[C@H](NC(=O)c1cc2cc(C(F)(F)P(=O)(O)O)ccc2s1)C(=O)N1CCN(C(=O)CC(=O)NCCCCC#Cc2cccc3c2C(=O)N(C2CCC(=O)NC2=O)C3=O)C[C@H]1C(=O)N1CCC[C@H](c2ccccc2)C1. The van der Waals surface area contributed by atoms with Gasteiger partial charge >= 0.3 is 13.3 Å². The topological polar surface area (TPSA) is 260 Å². The van der Waals surface area contributed by atoms with E-state index in [4.69, 9.17) is 0 Å². The van der Waals surface area contributed by atoms with Gasteiger partial charge in [-0.3, -0.25) is 57.9 Å². The summed E-state index contributed by atoms with van der Waals surface area (Å²) in [6.07, 6.45) is 2.35. The molecular weight excluding hydrogens is 1040 g/mol. The smallest absolute Gasteiger partial charge is 0.356 e. The van der Waals surface area contributed by atoms with Gasteiger partial charge in [0.15, 0.2) is 0 Å². The minimum atomic E-state index is -5.87. The third-order valence-electron chi connectivity index (χ3n) is 14.2. The van der Waals surface area contributed by atoms with Crippen LogP contribution >= 0.6 is 18.9 Å². The Kier molecular flexibility index (Phi) is 16.6. The molecule has 77 heavy (non-hydrogen) atoms. The summed E-state index contributed by atoms with van der Waals surface area (Å²) < 4.78 is 41.1. The van der Waals surface area contributed by atoms with Crippen molar-refractivity contribution in [2.24, 2.45) is 5.41 Å². The van der Waals surface area contributed by atoms with E-state index in [0.29, 0.717) is 49.0 Å². The zero-order valence-corrected chi connectivity index (χ0v) is 44.2. The number of rotatable bonds is 14. The van der Waals surface area contributed by atoms with E-state index in [1.807, 2.05) is 30.3 Å². The van der Waals surface area contributed by atoms with Crippen molar-refractivity contribution in [2.45, 2.75) is 102 Å². The summed E-state index contributed by atoms with van der Waals surface area (Å²) in [5, 5.41) is 7.84. The van der Waals surface area contributed by atoms with Crippen LogP contribution in [0.25, 0.3) is 10.1 Å². The zero-order chi connectivity index (χ0) is 55.6. The third-order valence-corrected chi connectivity index (χ3v) is 16.3. The molecule has 3 aromatic carbocycles. The van der Waals surface area contributed by atoms with E-state index in [9.17, 15) is 66.3 Å². The van der Waals surface area contributed by atoms with E-state index in [0.717, 1.165) is 40.4 Å². The number of unbranched alkanes of at least 4 members (excludes halogenated alkanes) is 2. The van der Waals surface area contributed by atoms with E-state index in [1.165, 1.54) is 28.0 Å². The molecule has 3 saturated heterocycles. The average Bonchev–Trinajstić information content (AvgIpc) is 3.95. The zero-order valence-electron chi connectivity index (χ0n) is 42.5. The number of hydrogen-bond donors (Lipinski definition) is 5. The Bertz CT molecular complexity index is 3160. The standard InChI is InChI=1S/C54H58F2N7O12PS/c1-53(2,3)46(59-48(68)41-28-35-27-36(19-21-40(35)77-41)54(55,56)76(73,74)75)52(72)62-26-25-60(31-39(62)50(70)61-24-12-17-34(30-61)32-13-8-6-9-14-32)44(66)29-43(65)57-23-10-5-4-7-15-33-16-11-18-37-45(33)51(71)63(49(37)69)38-20-22-42(64)58-47(38)67/h6,8-9,11,13-14,16,18-19,21,27-28,34,38-39,46H,4-5,10,12,17,20,22-26,29-31H2,1-3H3,(H,57,65)(H,59,68)(H,58,64,67)(H2,73,74,75)/t34-,38?,39-,46+/m0/s1. The average molecular weight is 1100 g/mol. The minimum absolute atomic E-state index is 0.00711. The number of carbonyl (C=O) groups excluding carboxylic acids is 9. The predicted octanol–water partition coefficient (Wildman–Crippen LogP) is 4.85. The molecule has 0 spiro atoms. The van der Waals surface area contributed by atoms with Crippen LogP contribution in [0.2, 0.25) is 0 Å². The first-order valence-corrected chi connectivity index (χ1v) is 27.7. The van der Waals surface area contributed by atoms with Gasteiger partial charge in [0, 0.05) is 67.3 Å². The molecule has 5 heterocycles. The fourth-order valence-corrected chi connectivity index (χ4v) is 11.5. The molecule has 3 fully saturated rings. The summed E-state index contributed by atoms with van der Waals surface area (Å²) in [6.45, 7) is 5.75. The van der Waals surface area contributed by atoms with E-state index < -0.39 is 102 Å². The van der Waals surface area contributed by atoms with Crippen molar-refractivity contribution in [1.82, 2.24) is 35.6 Å². The molecule has 0 radical (unpaired) electrons. The highest BCUT2D eigenvalue weighted by atomic mass is 32.1. The molecule has 0 bridgehead atoms. The van der Waals surface area contributed by atoms with Crippen LogP contribution in [0, 0.1) is 17.3 Å². The van der Waals surface area contributed by atoms with Crippen LogP contribution < -0.4 is 16.0 Å². The maximum absolute atomic E-state index is 14.9. The van der Waals surface area contributed by atoms with Gasteiger partial charge in [0.05, 0.1) is 22.5 Å². The lowest BCUT2D eigenvalue weighted by Gasteiger charge is -2.45. The third kappa shape index (κ3) is 12.2. The fourth-order valence-electron chi connectivity index (χ4n) is 10.1. The second-order valence-corrected chi connectivity index (χ2v) is 23.3. The van der Waals surface area contributed by atoms with Crippen LogP contribution in [0.5, 0.6) is 0 Å². The molecule has 0 saturated carbocycles. The fraction of sp³-hybridized carbons (Fsp3) is 0.426. The lowest BCUT2D eigenvalue weighted by atomic mass is 9.85. The molecular formula is C54H58F2N7O12PS. The molecule has 406 valence electrons. The molecule has 0 aliphatic carbocycles. The number of likely N-dealkylation sites (tertiary alicyclic amines) is 1. The van der Waals surface area contributed by atoms with Crippen molar-refractivity contribution in [2.75, 3.05) is 39.3 Å². The highest BCUT2D eigenvalue weighted by molar-refractivity contribution is 7.52. The Morgan fingerprint density at radius 2 is 1.64 bits per heavy atom. The number of fused-ring (bicyclic) bond motifs is 2. The van der Waals surface area contributed by atoms with Crippen LogP contribution in [0.4, 0.5) is 8.78 Å². The van der Waals surface area contributed by atoms with Crippen LogP contribution in [0.1, 0.15) is 125 Å². The molecule has 8 rings (SSSR count). The van der Waals surface area contributed by atoms with Gasteiger partial charge in [0.1, 0.15) is 24.5 Å². The molecule has 23 heteroatoms. The summed E-state index contributed by atoms with van der Waals surface area (Å²) in [7, 11) is -5.87. The van der Waals surface area contributed by atoms with E-state index in [1.54, 1.807) is 37.8 Å². The number of nitrogens with one attached hydrogen (secondary N) is 3. The van der Waals surface area contributed by atoms with Gasteiger partial charge < -0.3 is 35.1 Å². The first-order chi connectivity index (χ1) is 36.4. The van der Waals surface area contributed by atoms with Gasteiger partial charge in [-0.1, -0.05) is 75.1 Å². The Labute approximate surface area is 446 Å². The first-order valence-electron chi connectivity index (χ1n) is 25.2. The first kappa shape index (κ1) is 56.0. The highest BCUT2D eigenvalue weighted by Gasteiger charge is 2.51. The number of halogens is 2. The number of thiophene rings is 1. The number of imide groups is 2.